The molecule has 0 radical (unpaired) electrons. The summed E-state index contributed by atoms with van der Waals surface area (Å²) in [5.41, 5.74) is 0. The summed E-state index contributed by atoms with van der Waals surface area (Å²) in [6.45, 7) is 6.91. The molecule has 2 atom stereocenters. The molecule has 0 amide bonds. The molecule has 0 aromatic heterocycles. The van der Waals surface area contributed by atoms with Crippen LogP contribution in [-0.2, 0) is 0 Å². The lowest BCUT2D eigenvalue weighted by molar-refractivity contribution is 0.386. The molecule has 0 saturated heterocycles. The van der Waals surface area contributed by atoms with E-state index in [0.29, 0.717) is 0 Å². The fourth-order valence-corrected chi connectivity index (χ4v) is 2.08. The Morgan fingerprint density at radius 3 is 2.46 bits per heavy atom. The molecule has 1 aliphatic carbocycles. The van der Waals surface area contributed by atoms with Crippen molar-refractivity contribution in [3.8, 4) is 0 Å². The van der Waals surface area contributed by atoms with Crippen LogP contribution in [0, 0.1) is 5.92 Å². The van der Waals surface area contributed by atoms with E-state index in [0.717, 1.165) is 18.0 Å². The lowest BCUT2D eigenvalue weighted by atomic mass is 10.1. The molecular formula is C12H25N. The zero-order valence-corrected chi connectivity index (χ0v) is 9.47. The molecule has 78 valence electrons. The molecule has 1 saturated carbocycles. The summed E-state index contributed by atoms with van der Waals surface area (Å²) in [7, 11) is 0. The van der Waals surface area contributed by atoms with E-state index >= 15 is 0 Å². The highest BCUT2D eigenvalue weighted by Gasteiger charge is 2.24. The number of hydrogen-bond donors (Lipinski definition) is 1. The fourth-order valence-electron chi connectivity index (χ4n) is 2.08. The van der Waals surface area contributed by atoms with Crippen molar-refractivity contribution in [2.45, 2.75) is 71.4 Å². The van der Waals surface area contributed by atoms with Gasteiger partial charge in [0.05, 0.1) is 0 Å². The molecule has 1 rings (SSSR count). The molecule has 1 aliphatic rings. The van der Waals surface area contributed by atoms with Crippen LogP contribution in [0.3, 0.4) is 0 Å². The maximum Gasteiger partial charge on any atom is 0.00668 e. The fraction of sp³-hybridized carbons (Fsp3) is 1.00. The Labute approximate surface area is 83.3 Å². The van der Waals surface area contributed by atoms with Gasteiger partial charge in [-0.05, 0) is 32.1 Å². The first-order valence-corrected chi connectivity index (χ1v) is 6.02. The highest BCUT2D eigenvalue weighted by molar-refractivity contribution is 4.79. The summed E-state index contributed by atoms with van der Waals surface area (Å²) in [5.74, 6) is 1.06. The van der Waals surface area contributed by atoms with Gasteiger partial charge >= 0.3 is 0 Å². The van der Waals surface area contributed by atoms with E-state index in [-0.39, 0.29) is 0 Å². The molecule has 1 N–H and O–H groups in total. The summed E-state index contributed by atoms with van der Waals surface area (Å²) >= 11 is 0. The van der Waals surface area contributed by atoms with Gasteiger partial charge in [-0.25, -0.2) is 0 Å². The van der Waals surface area contributed by atoms with Crippen LogP contribution in [0.15, 0.2) is 0 Å². The number of nitrogens with one attached hydrogen (secondary N) is 1. The van der Waals surface area contributed by atoms with Gasteiger partial charge in [0.1, 0.15) is 0 Å². The lowest BCUT2D eigenvalue weighted by Gasteiger charge is -2.21. The van der Waals surface area contributed by atoms with Crippen LogP contribution >= 0.6 is 0 Å². The van der Waals surface area contributed by atoms with Crippen LogP contribution in [0.5, 0.6) is 0 Å². The van der Waals surface area contributed by atoms with Crippen molar-refractivity contribution in [3.05, 3.63) is 0 Å². The third-order valence-electron chi connectivity index (χ3n) is 3.03. The summed E-state index contributed by atoms with van der Waals surface area (Å²) in [5, 5.41) is 3.74. The van der Waals surface area contributed by atoms with E-state index in [4.69, 9.17) is 0 Å². The van der Waals surface area contributed by atoms with Crippen molar-refractivity contribution >= 4 is 0 Å². The Morgan fingerprint density at radius 1 is 1.31 bits per heavy atom. The Bertz CT molecular complexity index is 129. The smallest absolute Gasteiger partial charge is 0.00668 e. The van der Waals surface area contributed by atoms with Crippen LogP contribution in [0.2, 0.25) is 0 Å². The Kier molecular flexibility index (Phi) is 4.79. The molecule has 2 unspecified atom stereocenters. The first kappa shape index (κ1) is 11.0. The van der Waals surface area contributed by atoms with Crippen molar-refractivity contribution in [2.75, 3.05) is 0 Å². The molecule has 0 spiro atoms. The van der Waals surface area contributed by atoms with Crippen molar-refractivity contribution < 1.29 is 0 Å². The minimum Gasteiger partial charge on any atom is -0.312 e. The summed E-state index contributed by atoms with van der Waals surface area (Å²) in [6.07, 6.45) is 8.30. The van der Waals surface area contributed by atoms with Crippen LogP contribution in [-0.4, -0.2) is 12.1 Å². The maximum absolute atomic E-state index is 3.74. The standard InChI is InChI=1S/C12H25N/c1-4-6-12(5-2)13-10(3)9-11-7-8-11/h10-13H,4-9H2,1-3H3. The van der Waals surface area contributed by atoms with Crippen LogP contribution in [0.4, 0.5) is 0 Å². The van der Waals surface area contributed by atoms with E-state index in [2.05, 4.69) is 26.1 Å². The summed E-state index contributed by atoms with van der Waals surface area (Å²) in [6, 6.07) is 1.50. The average Bonchev–Trinajstić information content (AvgIpc) is 2.87. The molecular weight excluding hydrogens is 158 g/mol. The van der Waals surface area contributed by atoms with E-state index in [1.165, 1.54) is 38.5 Å². The summed E-state index contributed by atoms with van der Waals surface area (Å²) in [4.78, 5) is 0. The molecule has 1 heteroatoms. The van der Waals surface area contributed by atoms with E-state index in [9.17, 15) is 0 Å². The normalized spacial score (nSPS) is 21.5. The van der Waals surface area contributed by atoms with Gasteiger partial charge in [0.15, 0.2) is 0 Å². The predicted molar refractivity (Wildman–Crippen MR) is 58.9 cm³/mol. The van der Waals surface area contributed by atoms with Crippen molar-refractivity contribution in [2.24, 2.45) is 5.92 Å². The number of hydrogen-bond acceptors (Lipinski definition) is 1. The summed E-state index contributed by atoms with van der Waals surface area (Å²) < 4.78 is 0. The quantitative estimate of drug-likeness (QED) is 0.638. The third-order valence-corrected chi connectivity index (χ3v) is 3.03. The van der Waals surface area contributed by atoms with Gasteiger partial charge in [-0.15, -0.1) is 0 Å². The van der Waals surface area contributed by atoms with E-state index in [1.54, 1.807) is 0 Å². The number of rotatable bonds is 7. The SMILES string of the molecule is CCCC(CC)NC(C)CC1CC1. The van der Waals surface area contributed by atoms with Gasteiger partial charge in [-0.3, -0.25) is 0 Å². The second-order valence-electron chi connectivity index (χ2n) is 4.64. The van der Waals surface area contributed by atoms with Gasteiger partial charge in [-0.1, -0.05) is 33.1 Å². The largest absolute Gasteiger partial charge is 0.312 e. The van der Waals surface area contributed by atoms with Crippen molar-refractivity contribution in [1.29, 1.82) is 0 Å². The Morgan fingerprint density at radius 2 is 2.00 bits per heavy atom. The van der Waals surface area contributed by atoms with Crippen LogP contribution in [0.25, 0.3) is 0 Å². The molecule has 1 nitrogen and oxygen atoms in total. The molecule has 0 aromatic carbocycles. The first-order valence-electron chi connectivity index (χ1n) is 6.02. The average molecular weight is 183 g/mol. The molecule has 0 aliphatic heterocycles. The molecule has 13 heavy (non-hydrogen) atoms. The first-order chi connectivity index (χ1) is 6.26. The lowest BCUT2D eigenvalue weighted by Crippen LogP contribution is -2.36. The van der Waals surface area contributed by atoms with Gasteiger partial charge < -0.3 is 5.32 Å². The second-order valence-corrected chi connectivity index (χ2v) is 4.64. The van der Waals surface area contributed by atoms with Gasteiger partial charge in [0.25, 0.3) is 0 Å². The predicted octanol–water partition coefficient (Wildman–Crippen LogP) is 3.34. The highest BCUT2D eigenvalue weighted by Crippen LogP contribution is 2.33. The zero-order chi connectivity index (χ0) is 9.68. The highest BCUT2D eigenvalue weighted by atomic mass is 14.9. The van der Waals surface area contributed by atoms with Crippen molar-refractivity contribution in [1.82, 2.24) is 5.32 Å². The minimum atomic E-state index is 0.740. The topological polar surface area (TPSA) is 12.0 Å². The molecule has 0 aromatic rings. The molecule has 0 heterocycles. The minimum absolute atomic E-state index is 0.740. The van der Waals surface area contributed by atoms with Gasteiger partial charge in [-0.2, -0.15) is 0 Å². The van der Waals surface area contributed by atoms with Crippen molar-refractivity contribution in [3.63, 3.8) is 0 Å². The molecule has 1 fully saturated rings. The zero-order valence-electron chi connectivity index (χ0n) is 9.47. The van der Waals surface area contributed by atoms with Gasteiger partial charge in [0, 0.05) is 12.1 Å². The van der Waals surface area contributed by atoms with Crippen LogP contribution in [0.1, 0.15) is 59.3 Å². The van der Waals surface area contributed by atoms with Crippen LogP contribution < -0.4 is 5.32 Å². The van der Waals surface area contributed by atoms with Gasteiger partial charge in [0.2, 0.25) is 0 Å². The maximum atomic E-state index is 3.74. The second kappa shape index (κ2) is 5.64. The monoisotopic (exact) mass is 183 g/mol. The third kappa shape index (κ3) is 4.66. The Hall–Kier alpha value is -0.0400. The Balaban J connectivity index is 2.10. The molecule has 0 bridgehead atoms. The van der Waals surface area contributed by atoms with E-state index in [1.807, 2.05) is 0 Å². The van der Waals surface area contributed by atoms with E-state index < -0.39 is 0 Å².